The fraction of sp³-hybridized carbons (Fsp3) is 0.364. The Kier molecular flexibility index (Phi) is 5.46. The number of rotatable bonds is 6. The molecule has 1 aromatic rings. The largest absolute Gasteiger partial charge is 0.481 e. The SMILES string of the molecule is CCS(=O)(=O)N(CCC(=O)O)c1cccc(Cl)c1Cl. The highest BCUT2D eigenvalue weighted by atomic mass is 35.5. The molecule has 0 aromatic heterocycles. The molecule has 0 aliphatic carbocycles. The van der Waals surface area contributed by atoms with Gasteiger partial charge in [-0.25, -0.2) is 8.42 Å². The maximum atomic E-state index is 12.0. The van der Waals surface area contributed by atoms with Gasteiger partial charge in [-0.3, -0.25) is 9.10 Å². The first-order valence-corrected chi connectivity index (χ1v) is 7.82. The molecule has 0 unspecified atom stereocenters. The first-order chi connectivity index (χ1) is 8.79. The summed E-state index contributed by atoms with van der Waals surface area (Å²) in [6.45, 7) is 1.28. The summed E-state index contributed by atoms with van der Waals surface area (Å²) in [7, 11) is -3.62. The van der Waals surface area contributed by atoms with Crippen LogP contribution in [0.15, 0.2) is 18.2 Å². The standard InChI is InChI=1S/C11H13Cl2NO4S/c1-2-19(17,18)14(7-6-10(15)16)9-5-3-4-8(12)11(9)13/h3-5H,2,6-7H2,1H3,(H,15,16). The van der Waals surface area contributed by atoms with Crippen LogP contribution in [0.3, 0.4) is 0 Å². The van der Waals surface area contributed by atoms with Gasteiger partial charge in [0, 0.05) is 6.54 Å². The molecule has 1 N–H and O–H groups in total. The third-order valence-electron chi connectivity index (χ3n) is 2.43. The molecular weight excluding hydrogens is 313 g/mol. The van der Waals surface area contributed by atoms with Gasteiger partial charge in [0.15, 0.2) is 0 Å². The van der Waals surface area contributed by atoms with Gasteiger partial charge in [0.05, 0.1) is 27.9 Å². The Morgan fingerprint density at radius 2 is 2.00 bits per heavy atom. The maximum absolute atomic E-state index is 12.0. The first-order valence-electron chi connectivity index (χ1n) is 5.45. The van der Waals surface area contributed by atoms with Crippen molar-refractivity contribution in [1.82, 2.24) is 0 Å². The van der Waals surface area contributed by atoms with Gasteiger partial charge in [0.2, 0.25) is 10.0 Å². The van der Waals surface area contributed by atoms with Gasteiger partial charge in [-0.1, -0.05) is 29.3 Å². The van der Waals surface area contributed by atoms with Crippen LogP contribution in [0.2, 0.25) is 10.0 Å². The van der Waals surface area contributed by atoms with Crippen LogP contribution in [0, 0.1) is 0 Å². The van der Waals surface area contributed by atoms with Gasteiger partial charge in [-0.15, -0.1) is 0 Å². The molecule has 0 saturated carbocycles. The molecule has 19 heavy (non-hydrogen) atoms. The molecule has 0 saturated heterocycles. The Morgan fingerprint density at radius 3 is 2.53 bits per heavy atom. The van der Waals surface area contributed by atoms with E-state index in [0.29, 0.717) is 0 Å². The van der Waals surface area contributed by atoms with Crippen molar-refractivity contribution < 1.29 is 18.3 Å². The smallest absolute Gasteiger partial charge is 0.305 e. The van der Waals surface area contributed by atoms with Gasteiger partial charge in [-0.05, 0) is 19.1 Å². The lowest BCUT2D eigenvalue weighted by Crippen LogP contribution is -2.34. The zero-order valence-electron chi connectivity index (χ0n) is 10.1. The second-order valence-electron chi connectivity index (χ2n) is 3.69. The number of sulfonamides is 1. The van der Waals surface area contributed by atoms with E-state index in [9.17, 15) is 13.2 Å². The first kappa shape index (κ1) is 16.1. The van der Waals surface area contributed by atoms with E-state index in [2.05, 4.69) is 0 Å². The van der Waals surface area contributed by atoms with Crippen LogP contribution in [0.5, 0.6) is 0 Å². The van der Waals surface area contributed by atoms with E-state index in [0.717, 1.165) is 4.31 Å². The lowest BCUT2D eigenvalue weighted by molar-refractivity contribution is -0.136. The zero-order valence-corrected chi connectivity index (χ0v) is 12.5. The minimum Gasteiger partial charge on any atom is -0.481 e. The van der Waals surface area contributed by atoms with Crippen molar-refractivity contribution in [2.75, 3.05) is 16.6 Å². The Morgan fingerprint density at radius 1 is 1.37 bits per heavy atom. The molecule has 1 rings (SSSR count). The normalized spacial score (nSPS) is 11.3. The topological polar surface area (TPSA) is 74.7 Å². The van der Waals surface area contributed by atoms with E-state index in [1.807, 2.05) is 0 Å². The van der Waals surface area contributed by atoms with Gasteiger partial charge in [0.1, 0.15) is 0 Å². The number of carbonyl (C=O) groups is 1. The Hall–Kier alpha value is -0.980. The van der Waals surface area contributed by atoms with Gasteiger partial charge in [0.25, 0.3) is 0 Å². The Balaban J connectivity index is 3.23. The second kappa shape index (κ2) is 6.45. The molecule has 0 amide bonds. The van der Waals surface area contributed by atoms with E-state index in [1.165, 1.54) is 19.1 Å². The lowest BCUT2D eigenvalue weighted by atomic mass is 10.3. The second-order valence-corrected chi connectivity index (χ2v) is 6.66. The average Bonchev–Trinajstić information content (AvgIpc) is 2.34. The van der Waals surface area contributed by atoms with E-state index in [1.54, 1.807) is 6.07 Å². The molecule has 0 aliphatic heterocycles. The van der Waals surface area contributed by atoms with Gasteiger partial charge in [-0.2, -0.15) is 0 Å². The van der Waals surface area contributed by atoms with E-state index < -0.39 is 16.0 Å². The number of carboxylic acid groups (broad SMARTS) is 1. The van der Waals surface area contributed by atoms with E-state index in [-0.39, 0.29) is 34.5 Å². The highest BCUT2D eigenvalue weighted by Crippen LogP contribution is 2.34. The fourth-order valence-electron chi connectivity index (χ4n) is 1.45. The molecule has 0 fully saturated rings. The monoisotopic (exact) mass is 325 g/mol. The maximum Gasteiger partial charge on any atom is 0.305 e. The van der Waals surface area contributed by atoms with Crippen LogP contribution >= 0.6 is 23.2 Å². The predicted octanol–water partition coefficient (Wildman–Crippen LogP) is 2.62. The molecule has 1 aromatic carbocycles. The third-order valence-corrected chi connectivity index (χ3v) is 5.02. The summed E-state index contributed by atoms with van der Waals surface area (Å²) in [5, 5.41) is 8.99. The molecule has 0 atom stereocenters. The average molecular weight is 326 g/mol. The van der Waals surface area contributed by atoms with Crippen LogP contribution in [0.1, 0.15) is 13.3 Å². The molecule has 0 heterocycles. The number of halogens is 2. The highest BCUT2D eigenvalue weighted by molar-refractivity contribution is 7.92. The number of hydrogen-bond donors (Lipinski definition) is 1. The molecule has 106 valence electrons. The minimum atomic E-state index is -3.62. The Labute approximate surface area is 121 Å². The van der Waals surface area contributed by atoms with Crippen LogP contribution < -0.4 is 4.31 Å². The summed E-state index contributed by atoms with van der Waals surface area (Å²) in [5.41, 5.74) is 0.192. The minimum absolute atomic E-state index is 0.0894. The molecular formula is C11H13Cl2NO4S. The van der Waals surface area contributed by atoms with Gasteiger partial charge >= 0.3 is 5.97 Å². The van der Waals surface area contributed by atoms with Crippen molar-refractivity contribution in [2.24, 2.45) is 0 Å². The quantitative estimate of drug-likeness (QED) is 0.872. The number of anilines is 1. The summed E-state index contributed by atoms with van der Waals surface area (Å²) >= 11 is 11.8. The molecule has 5 nitrogen and oxygen atoms in total. The summed E-state index contributed by atoms with van der Waals surface area (Å²) < 4.78 is 25.0. The highest BCUT2D eigenvalue weighted by Gasteiger charge is 2.24. The fourth-order valence-corrected chi connectivity index (χ4v) is 3.03. The van der Waals surface area contributed by atoms with Crippen molar-refractivity contribution in [2.45, 2.75) is 13.3 Å². The number of benzene rings is 1. The summed E-state index contributed by atoms with van der Waals surface area (Å²) in [4.78, 5) is 10.6. The predicted molar refractivity (Wildman–Crippen MR) is 75.5 cm³/mol. The van der Waals surface area contributed by atoms with Crippen LogP contribution in [0.25, 0.3) is 0 Å². The van der Waals surface area contributed by atoms with Crippen molar-refractivity contribution in [3.8, 4) is 0 Å². The van der Waals surface area contributed by atoms with Crippen LogP contribution in [-0.4, -0.2) is 31.8 Å². The summed E-state index contributed by atoms with van der Waals surface area (Å²) in [6.07, 6.45) is -0.317. The molecule has 0 aliphatic rings. The Bertz CT molecular complexity index is 574. The summed E-state index contributed by atoms with van der Waals surface area (Å²) in [5.74, 6) is -1.25. The number of nitrogens with zero attached hydrogens (tertiary/aromatic N) is 1. The zero-order chi connectivity index (χ0) is 14.6. The molecule has 8 heteroatoms. The van der Waals surface area contributed by atoms with Crippen LogP contribution in [0.4, 0.5) is 5.69 Å². The van der Waals surface area contributed by atoms with Gasteiger partial charge < -0.3 is 5.11 Å². The summed E-state index contributed by atoms with van der Waals surface area (Å²) in [6, 6.07) is 4.58. The number of hydrogen-bond acceptors (Lipinski definition) is 3. The molecule has 0 bridgehead atoms. The number of aliphatic carboxylic acids is 1. The van der Waals surface area contributed by atoms with E-state index in [4.69, 9.17) is 28.3 Å². The van der Waals surface area contributed by atoms with Crippen molar-refractivity contribution in [1.29, 1.82) is 0 Å². The number of carboxylic acids is 1. The van der Waals surface area contributed by atoms with Crippen molar-refractivity contribution >= 4 is 44.9 Å². The van der Waals surface area contributed by atoms with Crippen molar-refractivity contribution in [3.05, 3.63) is 28.2 Å². The van der Waals surface area contributed by atoms with Crippen LogP contribution in [-0.2, 0) is 14.8 Å². The van der Waals surface area contributed by atoms with E-state index >= 15 is 0 Å². The lowest BCUT2D eigenvalue weighted by Gasteiger charge is -2.24. The molecule has 0 radical (unpaired) electrons. The van der Waals surface area contributed by atoms with Crippen molar-refractivity contribution in [3.63, 3.8) is 0 Å². The molecule has 0 spiro atoms. The third kappa shape index (κ3) is 3.99.